The molecule has 0 aliphatic carbocycles. The lowest BCUT2D eigenvalue weighted by molar-refractivity contribution is 0.535. The van der Waals surface area contributed by atoms with Crippen LogP contribution in [0.15, 0.2) is 18.2 Å². The van der Waals surface area contributed by atoms with E-state index >= 15 is 0 Å². The third kappa shape index (κ3) is 5.54. The van der Waals surface area contributed by atoms with Gasteiger partial charge in [0.25, 0.3) is 0 Å². The summed E-state index contributed by atoms with van der Waals surface area (Å²) in [4.78, 5) is 2.42. The molecular formula is C17H27Cl2N. The first-order chi connectivity index (χ1) is 9.45. The first-order valence-corrected chi connectivity index (χ1v) is 8.45. The summed E-state index contributed by atoms with van der Waals surface area (Å²) in [6.45, 7) is 11.1. The van der Waals surface area contributed by atoms with Gasteiger partial charge in [0.15, 0.2) is 0 Å². The Morgan fingerprint density at radius 1 is 1.00 bits per heavy atom. The molecule has 0 saturated carbocycles. The van der Waals surface area contributed by atoms with Crippen molar-refractivity contribution in [1.82, 2.24) is 0 Å². The van der Waals surface area contributed by atoms with E-state index in [0.29, 0.717) is 17.7 Å². The van der Waals surface area contributed by atoms with E-state index < -0.39 is 0 Å². The van der Waals surface area contributed by atoms with Gasteiger partial charge in [-0.15, -0.1) is 11.6 Å². The molecule has 1 rings (SSSR count). The Balaban J connectivity index is 2.96. The Bertz CT molecular complexity index is 390. The monoisotopic (exact) mass is 315 g/mol. The molecule has 1 aromatic rings. The Kier molecular flexibility index (Phi) is 7.76. The van der Waals surface area contributed by atoms with Crippen molar-refractivity contribution >= 4 is 28.9 Å². The van der Waals surface area contributed by atoms with Gasteiger partial charge in [-0.2, -0.15) is 0 Å². The van der Waals surface area contributed by atoms with Crippen LogP contribution in [0.1, 0.15) is 46.1 Å². The zero-order valence-corrected chi connectivity index (χ0v) is 14.6. The van der Waals surface area contributed by atoms with E-state index in [-0.39, 0.29) is 0 Å². The fourth-order valence-electron chi connectivity index (χ4n) is 2.19. The molecule has 0 fully saturated rings. The largest absolute Gasteiger partial charge is 0.370 e. The summed E-state index contributed by atoms with van der Waals surface area (Å²) < 4.78 is 0. The quantitative estimate of drug-likeness (QED) is 0.533. The first kappa shape index (κ1) is 17.7. The van der Waals surface area contributed by atoms with Gasteiger partial charge in [-0.3, -0.25) is 0 Å². The van der Waals surface area contributed by atoms with Crippen LogP contribution in [-0.2, 0) is 5.88 Å². The van der Waals surface area contributed by atoms with Crippen LogP contribution in [0.5, 0.6) is 0 Å². The molecule has 0 aromatic heterocycles. The summed E-state index contributed by atoms with van der Waals surface area (Å²) in [5.41, 5.74) is 2.26. The van der Waals surface area contributed by atoms with E-state index in [1.165, 1.54) is 12.8 Å². The predicted molar refractivity (Wildman–Crippen MR) is 92.1 cm³/mol. The van der Waals surface area contributed by atoms with E-state index in [2.05, 4.69) is 38.7 Å². The van der Waals surface area contributed by atoms with Crippen LogP contribution >= 0.6 is 23.2 Å². The summed E-state index contributed by atoms with van der Waals surface area (Å²) >= 11 is 12.5. The van der Waals surface area contributed by atoms with Crippen molar-refractivity contribution in [3.8, 4) is 0 Å². The average Bonchev–Trinajstić information content (AvgIpc) is 2.39. The van der Waals surface area contributed by atoms with Gasteiger partial charge in [0.05, 0.1) is 10.7 Å². The molecule has 0 heterocycles. The molecule has 0 N–H and O–H groups in total. The Labute approximate surface area is 134 Å². The minimum absolute atomic E-state index is 0.510. The molecule has 0 aliphatic rings. The van der Waals surface area contributed by atoms with Crippen LogP contribution in [0, 0.1) is 11.8 Å². The molecule has 1 nitrogen and oxygen atoms in total. The Morgan fingerprint density at radius 2 is 1.55 bits per heavy atom. The summed E-state index contributed by atoms with van der Waals surface area (Å²) in [5, 5.41) is 0.815. The molecule has 0 aliphatic heterocycles. The number of alkyl halides is 1. The zero-order chi connectivity index (χ0) is 15.1. The van der Waals surface area contributed by atoms with Crippen LogP contribution < -0.4 is 4.90 Å². The van der Waals surface area contributed by atoms with Crippen molar-refractivity contribution < 1.29 is 0 Å². The fraction of sp³-hybridized carbons (Fsp3) is 0.647. The number of para-hydroxylation sites is 1. The normalized spacial score (nSPS) is 11.4. The van der Waals surface area contributed by atoms with Crippen molar-refractivity contribution in [3.05, 3.63) is 28.8 Å². The van der Waals surface area contributed by atoms with E-state index in [1.54, 1.807) is 0 Å². The van der Waals surface area contributed by atoms with Gasteiger partial charge in [-0.25, -0.2) is 0 Å². The van der Waals surface area contributed by atoms with Crippen LogP contribution in [0.4, 0.5) is 5.69 Å². The molecule has 0 amide bonds. The summed E-state index contributed by atoms with van der Waals surface area (Å²) in [7, 11) is 0. The van der Waals surface area contributed by atoms with Crippen molar-refractivity contribution in [3.63, 3.8) is 0 Å². The van der Waals surface area contributed by atoms with Crippen LogP contribution in [0.3, 0.4) is 0 Å². The Hall–Kier alpha value is -0.400. The van der Waals surface area contributed by atoms with E-state index in [9.17, 15) is 0 Å². The fourth-order valence-corrected chi connectivity index (χ4v) is 2.71. The summed E-state index contributed by atoms with van der Waals surface area (Å²) in [6, 6.07) is 6.02. The van der Waals surface area contributed by atoms with Crippen LogP contribution in [-0.4, -0.2) is 13.1 Å². The van der Waals surface area contributed by atoms with Gasteiger partial charge < -0.3 is 4.90 Å². The molecule has 0 unspecified atom stereocenters. The molecule has 114 valence electrons. The zero-order valence-electron chi connectivity index (χ0n) is 13.1. The number of anilines is 1. The lowest BCUT2D eigenvalue weighted by Crippen LogP contribution is -2.28. The van der Waals surface area contributed by atoms with Gasteiger partial charge >= 0.3 is 0 Å². The number of nitrogens with zero attached hydrogens (tertiary/aromatic N) is 1. The second-order valence-electron chi connectivity index (χ2n) is 6.23. The van der Waals surface area contributed by atoms with Crippen molar-refractivity contribution in [2.45, 2.75) is 46.4 Å². The molecular weight excluding hydrogens is 289 g/mol. The molecule has 3 heteroatoms. The molecule has 0 radical (unpaired) electrons. The number of hydrogen-bond donors (Lipinski definition) is 0. The smallest absolute Gasteiger partial charge is 0.0642 e. The molecule has 0 atom stereocenters. The van der Waals surface area contributed by atoms with E-state index in [1.807, 2.05) is 12.1 Å². The van der Waals surface area contributed by atoms with Crippen molar-refractivity contribution in [1.29, 1.82) is 0 Å². The maximum Gasteiger partial charge on any atom is 0.0642 e. The summed E-state index contributed by atoms with van der Waals surface area (Å²) in [5.74, 6) is 1.90. The molecule has 0 saturated heterocycles. The number of halogens is 2. The maximum absolute atomic E-state index is 6.43. The van der Waals surface area contributed by atoms with E-state index in [0.717, 1.165) is 29.4 Å². The lowest BCUT2D eigenvalue weighted by Gasteiger charge is -2.29. The highest BCUT2D eigenvalue weighted by Gasteiger charge is 2.15. The first-order valence-electron chi connectivity index (χ1n) is 7.54. The van der Waals surface area contributed by atoms with Gasteiger partial charge in [0.2, 0.25) is 0 Å². The summed E-state index contributed by atoms with van der Waals surface area (Å²) in [6.07, 6.45) is 2.34. The van der Waals surface area contributed by atoms with Gasteiger partial charge in [-0.1, -0.05) is 51.4 Å². The van der Waals surface area contributed by atoms with Crippen LogP contribution in [0.25, 0.3) is 0 Å². The molecule has 0 bridgehead atoms. The van der Waals surface area contributed by atoms with Gasteiger partial charge in [0.1, 0.15) is 0 Å². The standard InChI is InChI=1S/C17H27Cl2N/c1-13(2)8-10-20(11-9-14(3)4)17-15(12-18)6-5-7-16(17)19/h5-7,13-14H,8-12H2,1-4H3. The average molecular weight is 316 g/mol. The van der Waals surface area contributed by atoms with Crippen molar-refractivity contribution in [2.75, 3.05) is 18.0 Å². The third-order valence-electron chi connectivity index (χ3n) is 3.48. The topological polar surface area (TPSA) is 3.24 Å². The highest BCUT2D eigenvalue weighted by molar-refractivity contribution is 6.33. The van der Waals surface area contributed by atoms with E-state index in [4.69, 9.17) is 23.2 Å². The number of hydrogen-bond acceptors (Lipinski definition) is 1. The second kappa shape index (κ2) is 8.79. The lowest BCUT2D eigenvalue weighted by atomic mass is 10.1. The highest BCUT2D eigenvalue weighted by atomic mass is 35.5. The van der Waals surface area contributed by atoms with Gasteiger partial charge in [0, 0.05) is 19.0 Å². The number of benzene rings is 1. The maximum atomic E-state index is 6.43. The third-order valence-corrected chi connectivity index (χ3v) is 4.08. The predicted octanol–water partition coefficient (Wildman–Crippen LogP) is 5.98. The molecule has 0 spiro atoms. The number of rotatable bonds is 8. The Morgan fingerprint density at radius 3 is 2.00 bits per heavy atom. The van der Waals surface area contributed by atoms with Crippen molar-refractivity contribution in [2.24, 2.45) is 11.8 Å². The SMILES string of the molecule is CC(C)CCN(CCC(C)C)c1c(Cl)cccc1CCl. The molecule has 1 aromatic carbocycles. The minimum Gasteiger partial charge on any atom is -0.370 e. The second-order valence-corrected chi connectivity index (χ2v) is 6.91. The van der Waals surface area contributed by atoms with Crippen LogP contribution in [0.2, 0.25) is 5.02 Å². The minimum atomic E-state index is 0.510. The van der Waals surface area contributed by atoms with Gasteiger partial charge in [-0.05, 0) is 36.3 Å². The highest BCUT2D eigenvalue weighted by Crippen LogP contribution is 2.32. The molecule has 20 heavy (non-hydrogen) atoms.